The van der Waals surface area contributed by atoms with Gasteiger partial charge in [0.1, 0.15) is 17.1 Å². The highest BCUT2D eigenvalue weighted by Gasteiger charge is 2.42. The molecule has 2 heterocycles. The summed E-state index contributed by atoms with van der Waals surface area (Å²) in [6.07, 6.45) is 0.597. The van der Waals surface area contributed by atoms with Gasteiger partial charge in [0.05, 0.1) is 23.6 Å². The lowest BCUT2D eigenvalue weighted by Gasteiger charge is -2.25. The van der Waals surface area contributed by atoms with Crippen molar-refractivity contribution in [2.45, 2.75) is 19.4 Å². The maximum Gasteiger partial charge on any atom is 0.290 e. The van der Waals surface area contributed by atoms with Crippen LogP contribution in [-0.4, -0.2) is 37.7 Å². The van der Waals surface area contributed by atoms with Crippen LogP contribution in [0.5, 0.6) is 5.75 Å². The van der Waals surface area contributed by atoms with Gasteiger partial charge in [-0.25, -0.2) is 4.39 Å². The number of benzene rings is 2. The molecule has 2 aromatic carbocycles. The van der Waals surface area contributed by atoms with Crippen molar-refractivity contribution in [2.24, 2.45) is 0 Å². The molecule has 156 valence electrons. The van der Waals surface area contributed by atoms with E-state index in [-0.39, 0.29) is 28.2 Å². The number of amides is 1. The SMILES string of the molecule is CCOc1cccc(C2c3c(oc4ccc(F)cc4c3=O)C(=O)N2CCCOC)c1. The quantitative estimate of drug-likeness (QED) is 0.552. The molecule has 0 fully saturated rings. The van der Waals surface area contributed by atoms with Crippen LogP contribution >= 0.6 is 0 Å². The van der Waals surface area contributed by atoms with Crippen molar-refractivity contribution >= 4 is 16.9 Å². The third kappa shape index (κ3) is 3.45. The predicted molar refractivity (Wildman–Crippen MR) is 109 cm³/mol. The van der Waals surface area contributed by atoms with Gasteiger partial charge in [0, 0.05) is 20.3 Å². The first-order valence-electron chi connectivity index (χ1n) is 9.84. The Hall–Kier alpha value is -3.19. The second-order valence-electron chi connectivity index (χ2n) is 7.07. The summed E-state index contributed by atoms with van der Waals surface area (Å²) < 4.78 is 30.3. The van der Waals surface area contributed by atoms with E-state index in [1.54, 1.807) is 12.0 Å². The molecule has 0 saturated heterocycles. The van der Waals surface area contributed by atoms with Crippen LogP contribution < -0.4 is 10.2 Å². The van der Waals surface area contributed by atoms with Crippen LogP contribution in [0.4, 0.5) is 4.39 Å². The molecule has 6 nitrogen and oxygen atoms in total. The highest BCUT2D eigenvalue weighted by atomic mass is 19.1. The molecule has 1 unspecified atom stereocenters. The minimum atomic E-state index is -0.645. The monoisotopic (exact) mass is 411 g/mol. The lowest BCUT2D eigenvalue weighted by Crippen LogP contribution is -2.31. The van der Waals surface area contributed by atoms with Crippen molar-refractivity contribution in [3.63, 3.8) is 0 Å². The maximum absolute atomic E-state index is 13.8. The van der Waals surface area contributed by atoms with Crippen molar-refractivity contribution in [3.05, 3.63) is 75.4 Å². The second-order valence-corrected chi connectivity index (χ2v) is 7.07. The Morgan fingerprint density at radius 2 is 2.00 bits per heavy atom. The summed E-state index contributed by atoms with van der Waals surface area (Å²) in [6, 6.07) is 10.4. The maximum atomic E-state index is 13.8. The standard InChI is InChI=1S/C23H22FNO5/c1-3-29-16-7-4-6-14(12-16)20-19-21(26)17-13-15(24)8-9-18(17)30-22(19)23(27)25(20)10-5-11-28-2/h4,6-9,12-13,20H,3,5,10-11H2,1-2H3. The number of fused-ring (bicyclic) bond motifs is 2. The molecule has 0 spiro atoms. The van der Waals surface area contributed by atoms with Gasteiger partial charge in [-0.1, -0.05) is 12.1 Å². The minimum Gasteiger partial charge on any atom is -0.494 e. The van der Waals surface area contributed by atoms with E-state index in [0.717, 1.165) is 11.6 Å². The van der Waals surface area contributed by atoms with Crippen LogP contribution in [0.1, 0.15) is 41.1 Å². The van der Waals surface area contributed by atoms with Gasteiger partial charge in [-0.2, -0.15) is 0 Å². The van der Waals surface area contributed by atoms with Crippen molar-refractivity contribution in [3.8, 4) is 5.75 Å². The van der Waals surface area contributed by atoms with E-state index in [0.29, 0.717) is 31.9 Å². The first kappa shape index (κ1) is 20.1. The van der Waals surface area contributed by atoms with Gasteiger partial charge in [-0.3, -0.25) is 9.59 Å². The van der Waals surface area contributed by atoms with Gasteiger partial charge in [-0.05, 0) is 49.2 Å². The molecule has 1 aromatic heterocycles. The Balaban J connectivity index is 1.90. The van der Waals surface area contributed by atoms with Crippen molar-refractivity contribution < 1.29 is 23.1 Å². The van der Waals surface area contributed by atoms with E-state index >= 15 is 0 Å². The molecule has 1 aliphatic rings. The number of ether oxygens (including phenoxy) is 2. The molecule has 1 amide bonds. The van der Waals surface area contributed by atoms with Crippen molar-refractivity contribution in [1.82, 2.24) is 4.90 Å². The zero-order chi connectivity index (χ0) is 21.3. The topological polar surface area (TPSA) is 69.0 Å². The zero-order valence-electron chi connectivity index (χ0n) is 16.8. The average Bonchev–Trinajstić information content (AvgIpc) is 3.02. The summed E-state index contributed by atoms with van der Waals surface area (Å²) in [7, 11) is 1.59. The second kappa shape index (κ2) is 8.28. The van der Waals surface area contributed by atoms with Gasteiger partial charge in [0.2, 0.25) is 5.76 Å². The van der Waals surface area contributed by atoms with Gasteiger partial charge in [0.25, 0.3) is 5.91 Å². The Bertz CT molecular complexity index is 1160. The van der Waals surface area contributed by atoms with Crippen LogP contribution in [0.25, 0.3) is 11.0 Å². The summed E-state index contributed by atoms with van der Waals surface area (Å²) in [4.78, 5) is 28.1. The molecule has 0 bridgehead atoms. The normalized spacial score (nSPS) is 15.6. The number of hydrogen-bond donors (Lipinski definition) is 0. The van der Waals surface area contributed by atoms with Crippen LogP contribution in [0, 0.1) is 5.82 Å². The van der Waals surface area contributed by atoms with E-state index in [2.05, 4.69) is 0 Å². The number of carbonyl (C=O) groups is 1. The smallest absolute Gasteiger partial charge is 0.290 e. The first-order valence-corrected chi connectivity index (χ1v) is 9.84. The molecule has 30 heavy (non-hydrogen) atoms. The molecule has 1 atom stereocenters. The lowest BCUT2D eigenvalue weighted by atomic mass is 9.98. The Morgan fingerprint density at radius 1 is 1.17 bits per heavy atom. The minimum absolute atomic E-state index is 0.00309. The number of hydrogen-bond acceptors (Lipinski definition) is 5. The van der Waals surface area contributed by atoms with Crippen molar-refractivity contribution in [1.29, 1.82) is 0 Å². The molecule has 1 aliphatic heterocycles. The predicted octanol–water partition coefficient (Wildman–Crippen LogP) is 3.91. The Kier molecular flexibility index (Phi) is 5.55. The number of halogens is 1. The first-order chi connectivity index (χ1) is 14.5. The van der Waals surface area contributed by atoms with Crippen LogP contribution in [0.2, 0.25) is 0 Å². The van der Waals surface area contributed by atoms with Gasteiger partial charge < -0.3 is 18.8 Å². The van der Waals surface area contributed by atoms with E-state index < -0.39 is 17.3 Å². The molecule has 3 aromatic rings. The highest BCUT2D eigenvalue weighted by molar-refractivity contribution is 5.99. The third-order valence-corrected chi connectivity index (χ3v) is 5.16. The summed E-state index contributed by atoms with van der Waals surface area (Å²) >= 11 is 0. The van der Waals surface area contributed by atoms with Crippen LogP contribution in [0.3, 0.4) is 0 Å². The highest BCUT2D eigenvalue weighted by Crippen LogP contribution is 2.39. The van der Waals surface area contributed by atoms with E-state index in [9.17, 15) is 14.0 Å². The summed E-state index contributed by atoms with van der Waals surface area (Å²) in [6.45, 7) is 3.23. The molecule has 7 heteroatoms. The van der Waals surface area contributed by atoms with E-state index in [1.165, 1.54) is 12.1 Å². The largest absolute Gasteiger partial charge is 0.494 e. The van der Waals surface area contributed by atoms with Crippen LogP contribution in [-0.2, 0) is 4.74 Å². The molecule has 0 N–H and O–H groups in total. The van der Waals surface area contributed by atoms with Gasteiger partial charge in [-0.15, -0.1) is 0 Å². The molecule has 0 radical (unpaired) electrons. The zero-order valence-corrected chi connectivity index (χ0v) is 16.8. The summed E-state index contributed by atoms with van der Waals surface area (Å²) in [5, 5.41) is 0.117. The van der Waals surface area contributed by atoms with Gasteiger partial charge >= 0.3 is 0 Å². The molecular formula is C23H22FNO5. The molecule has 4 rings (SSSR count). The average molecular weight is 411 g/mol. The Morgan fingerprint density at radius 3 is 2.77 bits per heavy atom. The summed E-state index contributed by atoms with van der Waals surface area (Å²) in [5.74, 6) is -0.255. The summed E-state index contributed by atoms with van der Waals surface area (Å²) in [5.41, 5.74) is 0.742. The molecular weight excluding hydrogens is 389 g/mol. The fraction of sp³-hybridized carbons (Fsp3) is 0.304. The number of methoxy groups -OCH3 is 1. The fourth-order valence-corrected chi connectivity index (χ4v) is 3.89. The molecule has 0 saturated carbocycles. The lowest BCUT2D eigenvalue weighted by molar-refractivity contribution is 0.0707. The third-order valence-electron chi connectivity index (χ3n) is 5.16. The number of carbonyl (C=O) groups excluding carboxylic acids is 1. The number of nitrogens with zero attached hydrogens (tertiary/aromatic N) is 1. The van der Waals surface area contributed by atoms with Crippen molar-refractivity contribution in [2.75, 3.05) is 26.9 Å². The van der Waals surface area contributed by atoms with Crippen LogP contribution in [0.15, 0.2) is 51.7 Å². The van der Waals surface area contributed by atoms with Gasteiger partial charge in [0.15, 0.2) is 5.43 Å². The fourth-order valence-electron chi connectivity index (χ4n) is 3.89. The van der Waals surface area contributed by atoms with E-state index in [1.807, 2.05) is 31.2 Å². The molecule has 0 aliphatic carbocycles. The Labute approximate surface area is 172 Å². The number of rotatable bonds is 7. The van der Waals surface area contributed by atoms with E-state index in [4.69, 9.17) is 13.9 Å².